The third kappa shape index (κ3) is 6.89. The summed E-state index contributed by atoms with van der Waals surface area (Å²) in [4.78, 5) is 30.5. The van der Waals surface area contributed by atoms with Gasteiger partial charge in [0, 0.05) is 32.3 Å². The molecule has 1 saturated heterocycles. The molecule has 3 rings (SSSR count). The number of amides is 2. The molecule has 2 heterocycles. The Balaban J connectivity index is 1.34. The van der Waals surface area contributed by atoms with Gasteiger partial charge in [0.15, 0.2) is 0 Å². The van der Waals surface area contributed by atoms with E-state index in [0.29, 0.717) is 39.1 Å². The Morgan fingerprint density at radius 2 is 2.03 bits per heavy atom. The van der Waals surface area contributed by atoms with Crippen molar-refractivity contribution >= 4 is 11.8 Å². The zero-order valence-electron chi connectivity index (χ0n) is 16.8. The molecule has 29 heavy (non-hydrogen) atoms. The van der Waals surface area contributed by atoms with Gasteiger partial charge in [-0.25, -0.2) is 0 Å². The Hall–Kier alpha value is -2.89. The van der Waals surface area contributed by atoms with Gasteiger partial charge in [-0.2, -0.15) is 0 Å². The van der Waals surface area contributed by atoms with Crippen molar-refractivity contribution in [3.8, 4) is 5.75 Å². The van der Waals surface area contributed by atoms with E-state index in [0.717, 1.165) is 25.0 Å². The second-order valence-electron chi connectivity index (χ2n) is 7.35. The average Bonchev–Trinajstić information content (AvgIpc) is 2.76. The number of piperidine rings is 1. The van der Waals surface area contributed by atoms with Gasteiger partial charge in [0.25, 0.3) is 0 Å². The molecule has 0 bridgehead atoms. The maximum absolute atomic E-state index is 12.5. The summed E-state index contributed by atoms with van der Waals surface area (Å²) >= 11 is 0. The molecule has 6 nitrogen and oxygen atoms in total. The number of ether oxygens (including phenoxy) is 1. The van der Waals surface area contributed by atoms with Crippen LogP contribution in [0, 0.1) is 5.92 Å². The smallest absolute Gasteiger partial charge is 0.224 e. The molecule has 0 saturated carbocycles. The molecule has 1 atom stereocenters. The van der Waals surface area contributed by atoms with Crippen molar-refractivity contribution in [2.75, 3.05) is 26.2 Å². The Bertz CT molecular complexity index is 767. The third-order valence-corrected chi connectivity index (χ3v) is 5.13. The Morgan fingerprint density at radius 1 is 1.17 bits per heavy atom. The zero-order valence-corrected chi connectivity index (χ0v) is 16.8. The highest BCUT2D eigenvalue weighted by molar-refractivity contribution is 5.83. The summed E-state index contributed by atoms with van der Waals surface area (Å²) in [5.74, 6) is 0.804. The van der Waals surface area contributed by atoms with E-state index in [2.05, 4.69) is 22.4 Å². The van der Waals surface area contributed by atoms with Crippen molar-refractivity contribution < 1.29 is 14.3 Å². The first-order chi connectivity index (χ1) is 14.2. The fourth-order valence-corrected chi connectivity index (χ4v) is 3.51. The molecule has 0 spiro atoms. The molecule has 1 N–H and O–H groups in total. The van der Waals surface area contributed by atoms with Gasteiger partial charge in [0.2, 0.25) is 11.8 Å². The summed E-state index contributed by atoms with van der Waals surface area (Å²) in [7, 11) is 0. The Morgan fingerprint density at radius 3 is 2.83 bits per heavy atom. The fraction of sp³-hybridized carbons (Fsp3) is 0.435. The van der Waals surface area contributed by atoms with Crippen molar-refractivity contribution in [3.63, 3.8) is 0 Å². The number of nitrogens with one attached hydrogen (secondary N) is 1. The Labute approximate surface area is 172 Å². The minimum atomic E-state index is -0.122. The normalized spacial score (nSPS) is 16.5. The van der Waals surface area contributed by atoms with Crippen LogP contribution in [0.2, 0.25) is 0 Å². The summed E-state index contributed by atoms with van der Waals surface area (Å²) in [6, 6.07) is 14.0. The maximum atomic E-state index is 12.5. The molecular weight excluding hydrogens is 366 g/mol. The van der Waals surface area contributed by atoms with Crippen LogP contribution in [0.5, 0.6) is 5.75 Å². The van der Waals surface area contributed by atoms with Gasteiger partial charge in [-0.1, -0.05) is 30.3 Å². The number of benzene rings is 1. The third-order valence-electron chi connectivity index (χ3n) is 5.13. The van der Waals surface area contributed by atoms with Crippen molar-refractivity contribution in [3.05, 3.63) is 60.4 Å². The second-order valence-corrected chi connectivity index (χ2v) is 7.35. The molecule has 0 radical (unpaired) electrons. The summed E-state index contributed by atoms with van der Waals surface area (Å²) in [6.45, 7) is 2.32. The predicted molar refractivity (Wildman–Crippen MR) is 111 cm³/mol. The number of pyridine rings is 1. The highest BCUT2D eigenvalue weighted by atomic mass is 16.5. The summed E-state index contributed by atoms with van der Waals surface area (Å²) in [5, 5.41) is 2.98. The number of rotatable bonds is 10. The lowest BCUT2D eigenvalue weighted by molar-refractivity contribution is -0.138. The molecule has 154 valence electrons. The lowest BCUT2D eigenvalue weighted by Gasteiger charge is -2.32. The van der Waals surface area contributed by atoms with E-state index in [1.54, 1.807) is 12.4 Å². The lowest BCUT2D eigenvalue weighted by Crippen LogP contribution is -2.46. The number of hydrogen-bond donors (Lipinski definition) is 1. The predicted octanol–water partition coefficient (Wildman–Crippen LogP) is 2.84. The monoisotopic (exact) mass is 395 g/mol. The molecule has 1 aromatic heterocycles. The van der Waals surface area contributed by atoms with Crippen LogP contribution in [0.1, 0.15) is 31.2 Å². The average molecular weight is 396 g/mol. The van der Waals surface area contributed by atoms with E-state index in [1.165, 1.54) is 5.56 Å². The van der Waals surface area contributed by atoms with Crippen molar-refractivity contribution in [2.24, 2.45) is 5.92 Å². The van der Waals surface area contributed by atoms with Crippen LogP contribution in [0.3, 0.4) is 0 Å². The second kappa shape index (κ2) is 11.2. The number of hydrogen-bond acceptors (Lipinski definition) is 4. The topological polar surface area (TPSA) is 71.5 Å². The van der Waals surface area contributed by atoms with Crippen LogP contribution in [-0.2, 0) is 16.0 Å². The van der Waals surface area contributed by atoms with Crippen molar-refractivity contribution in [2.45, 2.75) is 32.1 Å². The van der Waals surface area contributed by atoms with Crippen LogP contribution < -0.4 is 10.1 Å². The van der Waals surface area contributed by atoms with Crippen LogP contribution in [0.15, 0.2) is 54.9 Å². The van der Waals surface area contributed by atoms with Crippen LogP contribution in [0.4, 0.5) is 0 Å². The standard InChI is InChI=1S/C23H29N3O3/c27-22-12-11-20(18-26(22)15-5-9-19-7-2-1-3-8-19)23(28)25-14-6-16-29-21-10-4-13-24-17-21/h1-4,7-8,10,13,17,20H,5-6,9,11-12,14-16,18H2,(H,25,28)/t20-/m1/s1. The Kier molecular flexibility index (Phi) is 8.04. The molecule has 6 heteroatoms. The molecule has 1 aromatic carbocycles. The van der Waals surface area contributed by atoms with Gasteiger partial charge in [0.1, 0.15) is 5.75 Å². The first kappa shape index (κ1) is 20.8. The van der Waals surface area contributed by atoms with Crippen LogP contribution in [-0.4, -0.2) is 47.9 Å². The summed E-state index contributed by atoms with van der Waals surface area (Å²) < 4.78 is 5.58. The quantitative estimate of drug-likeness (QED) is 0.628. The molecule has 2 aromatic rings. The van der Waals surface area contributed by atoms with Gasteiger partial charge in [-0.05, 0) is 43.4 Å². The molecule has 1 aliphatic rings. The maximum Gasteiger partial charge on any atom is 0.224 e. The number of aromatic nitrogens is 1. The van der Waals surface area contributed by atoms with Gasteiger partial charge >= 0.3 is 0 Å². The number of carbonyl (C=O) groups is 2. The van der Waals surface area contributed by atoms with Crippen molar-refractivity contribution in [1.82, 2.24) is 15.2 Å². The number of likely N-dealkylation sites (tertiary alicyclic amines) is 1. The molecular formula is C23H29N3O3. The van der Waals surface area contributed by atoms with E-state index >= 15 is 0 Å². The number of aryl methyl sites for hydroxylation is 1. The minimum absolute atomic E-state index is 0.0342. The molecule has 0 aliphatic carbocycles. The number of nitrogens with zero attached hydrogens (tertiary/aromatic N) is 2. The molecule has 1 fully saturated rings. The lowest BCUT2D eigenvalue weighted by atomic mass is 9.96. The van der Waals surface area contributed by atoms with Gasteiger partial charge in [-0.15, -0.1) is 0 Å². The fourth-order valence-electron chi connectivity index (χ4n) is 3.51. The van der Waals surface area contributed by atoms with Crippen molar-refractivity contribution in [1.29, 1.82) is 0 Å². The van der Waals surface area contributed by atoms with E-state index in [4.69, 9.17) is 4.74 Å². The van der Waals surface area contributed by atoms with Crippen LogP contribution >= 0.6 is 0 Å². The van der Waals surface area contributed by atoms with Gasteiger partial charge in [0.05, 0.1) is 18.7 Å². The first-order valence-corrected chi connectivity index (χ1v) is 10.3. The largest absolute Gasteiger partial charge is 0.492 e. The number of carbonyl (C=O) groups excluding carboxylic acids is 2. The van der Waals surface area contributed by atoms with E-state index < -0.39 is 0 Å². The minimum Gasteiger partial charge on any atom is -0.492 e. The van der Waals surface area contributed by atoms with Crippen LogP contribution in [0.25, 0.3) is 0 Å². The summed E-state index contributed by atoms with van der Waals surface area (Å²) in [5.41, 5.74) is 1.28. The SMILES string of the molecule is O=C(NCCCOc1cccnc1)[C@@H]1CCC(=O)N(CCCc2ccccc2)C1. The van der Waals surface area contributed by atoms with E-state index in [1.807, 2.05) is 35.2 Å². The molecule has 2 amide bonds. The molecule has 0 unspecified atom stereocenters. The zero-order chi connectivity index (χ0) is 20.3. The van der Waals surface area contributed by atoms with E-state index in [-0.39, 0.29) is 17.7 Å². The summed E-state index contributed by atoms with van der Waals surface area (Å²) in [6.07, 6.45) is 7.04. The van der Waals surface area contributed by atoms with Gasteiger partial charge in [-0.3, -0.25) is 14.6 Å². The first-order valence-electron chi connectivity index (χ1n) is 10.3. The highest BCUT2D eigenvalue weighted by Crippen LogP contribution is 2.18. The van der Waals surface area contributed by atoms with E-state index in [9.17, 15) is 9.59 Å². The van der Waals surface area contributed by atoms with Gasteiger partial charge < -0.3 is 15.0 Å². The molecule has 1 aliphatic heterocycles. The highest BCUT2D eigenvalue weighted by Gasteiger charge is 2.29.